The molecule has 1 atom stereocenters. The Morgan fingerprint density at radius 1 is 1.26 bits per heavy atom. The molecule has 0 spiro atoms. The molecule has 19 heavy (non-hydrogen) atoms. The lowest BCUT2D eigenvalue weighted by molar-refractivity contribution is 0.453. The number of aromatic nitrogens is 1. The molecule has 0 bridgehead atoms. The highest BCUT2D eigenvalue weighted by atomic mass is 32.2. The molecule has 2 aromatic rings. The zero-order valence-electron chi connectivity index (χ0n) is 11.6. The van der Waals surface area contributed by atoms with Crippen molar-refractivity contribution in [1.82, 2.24) is 10.3 Å². The Balaban J connectivity index is 2.01. The van der Waals surface area contributed by atoms with Gasteiger partial charge in [-0.3, -0.25) is 0 Å². The molecule has 4 heteroatoms. The second kappa shape index (κ2) is 6.78. The van der Waals surface area contributed by atoms with Crippen molar-refractivity contribution in [3.8, 4) is 0 Å². The van der Waals surface area contributed by atoms with Gasteiger partial charge in [0.25, 0.3) is 5.22 Å². The molecule has 1 aromatic carbocycles. The van der Waals surface area contributed by atoms with Crippen LogP contribution in [0.3, 0.4) is 0 Å². The van der Waals surface area contributed by atoms with Crippen molar-refractivity contribution in [3.05, 3.63) is 47.3 Å². The van der Waals surface area contributed by atoms with Gasteiger partial charge in [-0.25, -0.2) is 4.98 Å². The molecule has 0 fully saturated rings. The van der Waals surface area contributed by atoms with Crippen LogP contribution in [-0.2, 0) is 0 Å². The minimum absolute atomic E-state index is 0.322. The number of nitrogens with one attached hydrogen (secondary N) is 1. The van der Waals surface area contributed by atoms with Crippen LogP contribution < -0.4 is 5.32 Å². The van der Waals surface area contributed by atoms with Crippen LogP contribution in [0, 0.1) is 13.8 Å². The molecule has 0 amide bonds. The van der Waals surface area contributed by atoms with Crippen LogP contribution in [0.4, 0.5) is 0 Å². The van der Waals surface area contributed by atoms with Crippen molar-refractivity contribution in [2.45, 2.75) is 32.0 Å². The number of aryl methyl sites for hydroxylation is 2. The Kier molecular flexibility index (Phi) is 5.05. The molecule has 3 nitrogen and oxygen atoms in total. The van der Waals surface area contributed by atoms with E-state index in [1.807, 2.05) is 6.92 Å². The molecule has 1 aromatic heterocycles. The van der Waals surface area contributed by atoms with Gasteiger partial charge in [0.05, 0.1) is 5.69 Å². The van der Waals surface area contributed by atoms with Gasteiger partial charge in [0.1, 0.15) is 6.26 Å². The Morgan fingerprint density at radius 2 is 2.00 bits per heavy atom. The minimum Gasteiger partial charge on any atom is -0.440 e. The molecule has 1 heterocycles. The van der Waals surface area contributed by atoms with Crippen LogP contribution in [-0.4, -0.2) is 17.3 Å². The zero-order chi connectivity index (χ0) is 13.7. The largest absolute Gasteiger partial charge is 0.440 e. The topological polar surface area (TPSA) is 38.1 Å². The first kappa shape index (κ1) is 14.2. The lowest BCUT2D eigenvalue weighted by Gasteiger charge is -2.17. The summed E-state index contributed by atoms with van der Waals surface area (Å²) < 4.78 is 5.37. The molecule has 102 valence electrons. The molecular formula is C15H20N2OS. The van der Waals surface area contributed by atoms with Crippen molar-refractivity contribution in [3.63, 3.8) is 0 Å². The highest BCUT2D eigenvalue weighted by Crippen LogP contribution is 2.24. The van der Waals surface area contributed by atoms with Gasteiger partial charge in [0.2, 0.25) is 0 Å². The maximum atomic E-state index is 5.37. The molecular weight excluding hydrogens is 256 g/mol. The SMILES string of the molecule is CCNC(CSc1nc(C)co1)c1ccc(C)cc1. The molecule has 0 radical (unpaired) electrons. The third kappa shape index (κ3) is 4.11. The summed E-state index contributed by atoms with van der Waals surface area (Å²) in [5, 5.41) is 4.25. The first-order chi connectivity index (χ1) is 9.19. The van der Waals surface area contributed by atoms with Gasteiger partial charge in [-0.1, -0.05) is 48.5 Å². The van der Waals surface area contributed by atoms with Gasteiger partial charge in [-0.2, -0.15) is 0 Å². The summed E-state index contributed by atoms with van der Waals surface area (Å²) in [6, 6.07) is 9.00. The molecule has 0 saturated carbocycles. The fraction of sp³-hybridized carbons (Fsp3) is 0.400. The second-order valence-electron chi connectivity index (χ2n) is 4.59. The fourth-order valence-electron chi connectivity index (χ4n) is 1.87. The lowest BCUT2D eigenvalue weighted by atomic mass is 10.1. The van der Waals surface area contributed by atoms with Gasteiger partial charge in [-0.15, -0.1) is 0 Å². The average molecular weight is 276 g/mol. The summed E-state index contributed by atoms with van der Waals surface area (Å²) >= 11 is 1.65. The van der Waals surface area contributed by atoms with Crippen LogP contribution in [0.5, 0.6) is 0 Å². The van der Waals surface area contributed by atoms with Gasteiger partial charge < -0.3 is 9.73 Å². The number of rotatable bonds is 6. The van der Waals surface area contributed by atoms with Gasteiger partial charge in [0.15, 0.2) is 0 Å². The molecule has 1 unspecified atom stereocenters. The third-order valence-corrected chi connectivity index (χ3v) is 3.84. The van der Waals surface area contributed by atoms with Gasteiger partial charge in [0, 0.05) is 11.8 Å². The average Bonchev–Trinajstić information content (AvgIpc) is 2.81. The lowest BCUT2D eigenvalue weighted by Crippen LogP contribution is -2.22. The summed E-state index contributed by atoms with van der Waals surface area (Å²) in [5.41, 5.74) is 3.52. The maximum Gasteiger partial charge on any atom is 0.255 e. The summed E-state index contributed by atoms with van der Waals surface area (Å²) in [5.74, 6) is 0.914. The quantitative estimate of drug-likeness (QED) is 0.816. The standard InChI is InChI=1S/C15H20N2OS/c1-4-16-14(13-7-5-11(2)6-8-13)10-19-15-17-12(3)9-18-15/h5-9,14,16H,4,10H2,1-3H3. The van der Waals surface area contributed by atoms with E-state index in [1.165, 1.54) is 11.1 Å². The zero-order valence-corrected chi connectivity index (χ0v) is 12.5. The van der Waals surface area contributed by atoms with E-state index >= 15 is 0 Å². The first-order valence-corrected chi connectivity index (χ1v) is 7.52. The third-order valence-electron chi connectivity index (χ3n) is 2.90. The normalized spacial score (nSPS) is 12.6. The van der Waals surface area contributed by atoms with Crippen molar-refractivity contribution in [2.75, 3.05) is 12.3 Å². The number of thioether (sulfide) groups is 1. The van der Waals surface area contributed by atoms with E-state index in [4.69, 9.17) is 4.42 Å². The van der Waals surface area contributed by atoms with E-state index in [0.29, 0.717) is 6.04 Å². The van der Waals surface area contributed by atoms with Gasteiger partial charge >= 0.3 is 0 Å². The number of oxazole rings is 1. The predicted octanol–water partition coefficient (Wildman–Crippen LogP) is 3.73. The molecule has 0 aliphatic rings. The minimum atomic E-state index is 0.322. The fourth-order valence-corrected chi connectivity index (χ4v) is 2.82. The van der Waals surface area contributed by atoms with E-state index in [9.17, 15) is 0 Å². The number of nitrogens with zero attached hydrogens (tertiary/aromatic N) is 1. The van der Waals surface area contributed by atoms with Crippen LogP contribution >= 0.6 is 11.8 Å². The van der Waals surface area contributed by atoms with Crippen LogP contribution in [0.15, 0.2) is 40.2 Å². The monoisotopic (exact) mass is 276 g/mol. The smallest absolute Gasteiger partial charge is 0.255 e. The molecule has 2 rings (SSSR count). The first-order valence-electron chi connectivity index (χ1n) is 6.54. The molecule has 0 aliphatic carbocycles. The van der Waals surface area contributed by atoms with Crippen molar-refractivity contribution < 1.29 is 4.42 Å². The van der Waals surface area contributed by atoms with Crippen LogP contribution in [0.25, 0.3) is 0 Å². The summed E-state index contributed by atoms with van der Waals surface area (Å²) in [4.78, 5) is 4.32. The van der Waals surface area contributed by atoms with Gasteiger partial charge in [-0.05, 0) is 26.0 Å². The molecule has 1 N–H and O–H groups in total. The summed E-state index contributed by atoms with van der Waals surface area (Å²) in [7, 11) is 0. The van der Waals surface area contributed by atoms with E-state index in [1.54, 1.807) is 18.0 Å². The van der Waals surface area contributed by atoms with Crippen LogP contribution in [0.1, 0.15) is 29.8 Å². The molecule has 0 saturated heterocycles. The van der Waals surface area contributed by atoms with Crippen molar-refractivity contribution in [1.29, 1.82) is 0 Å². The summed E-state index contributed by atoms with van der Waals surface area (Å²) in [6.07, 6.45) is 1.69. The second-order valence-corrected chi connectivity index (χ2v) is 5.56. The predicted molar refractivity (Wildman–Crippen MR) is 79.6 cm³/mol. The Bertz CT molecular complexity index is 507. The highest BCUT2D eigenvalue weighted by Gasteiger charge is 2.12. The van der Waals surface area contributed by atoms with E-state index in [0.717, 1.165) is 23.2 Å². The van der Waals surface area contributed by atoms with Crippen LogP contribution in [0.2, 0.25) is 0 Å². The Labute approximate surface area is 118 Å². The number of hydrogen-bond acceptors (Lipinski definition) is 4. The van der Waals surface area contributed by atoms with Crippen molar-refractivity contribution in [2.24, 2.45) is 0 Å². The number of hydrogen-bond donors (Lipinski definition) is 1. The Morgan fingerprint density at radius 3 is 2.58 bits per heavy atom. The molecule has 0 aliphatic heterocycles. The highest BCUT2D eigenvalue weighted by molar-refractivity contribution is 7.99. The van der Waals surface area contributed by atoms with E-state index in [2.05, 4.69) is 48.4 Å². The maximum absolute atomic E-state index is 5.37. The van der Waals surface area contributed by atoms with E-state index < -0.39 is 0 Å². The Hall–Kier alpha value is -1.26. The number of benzene rings is 1. The van der Waals surface area contributed by atoms with E-state index in [-0.39, 0.29) is 0 Å². The summed E-state index contributed by atoms with van der Waals surface area (Å²) in [6.45, 7) is 7.12. The van der Waals surface area contributed by atoms with Crippen molar-refractivity contribution >= 4 is 11.8 Å².